The number of nitrogens with one attached hydrogen (secondary N) is 1. The van der Waals surface area contributed by atoms with E-state index in [4.69, 9.17) is 4.74 Å². The minimum absolute atomic E-state index is 0.0256. The molecule has 1 aromatic rings. The molecule has 0 amide bonds. The largest absolute Gasteiger partial charge is 0.379 e. The number of hydrogen-bond donors (Lipinski definition) is 1. The number of ether oxygens (including phenoxy) is 1. The Morgan fingerprint density at radius 3 is 2.80 bits per heavy atom. The van der Waals surface area contributed by atoms with Crippen molar-refractivity contribution in [3.05, 3.63) is 22.4 Å². The molecule has 86 valence electrons. The summed E-state index contributed by atoms with van der Waals surface area (Å²) in [6.07, 6.45) is 1.03. The van der Waals surface area contributed by atoms with E-state index in [-0.39, 0.29) is 5.60 Å². The molecule has 1 aromatic heterocycles. The van der Waals surface area contributed by atoms with Crippen LogP contribution in [0.1, 0.15) is 38.1 Å². The van der Waals surface area contributed by atoms with E-state index in [0.29, 0.717) is 6.04 Å². The molecule has 0 aliphatic carbocycles. The molecule has 0 spiro atoms. The van der Waals surface area contributed by atoms with Crippen molar-refractivity contribution in [3.8, 4) is 0 Å². The smallest absolute Gasteiger partial charge is 0.0634 e. The van der Waals surface area contributed by atoms with Gasteiger partial charge in [0.25, 0.3) is 0 Å². The van der Waals surface area contributed by atoms with Gasteiger partial charge in [0.05, 0.1) is 5.60 Å². The average molecular weight is 227 g/mol. The van der Waals surface area contributed by atoms with Crippen LogP contribution in [0.2, 0.25) is 0 Å². The van der Waals surface area contributed by atoms with Gasteiger partial charge in [-0.3, -0.25) is 0 Å². The molecule has 0 aliphatic heterocycles. The molecule has 1 heterocycles. The van der Waals surface area contributed by atoms with E-state index in [1.54, 1.807) is 18.4 Å². The van der Waals surface area contributed by atoms with E-state index in [1.165, 1.54) is 4.88 Å². The van der Waals surface area contributed by atoms with E-state index in [9.17, 15) is 0 Å². The third kappa shape index (κ3) is 4.33. The van der Waals surface area contributed by atoms with Crippen molar-refractivity contribution < 1.29 is 4.74 Å². The van der Waals surface area contributed by atoms with Crippen LogP contribution < -0.4 is 5.32 Å². The van der Waals surface area contributed by atoms with Gasteiger partial charge in [-0.15, -0.1) is 11.3 Å². The van der Waals surface area contributed by atoms with Gasteiger partial charge in [-0.2, -0.15) is 0 Å². The fourth-order valence-electron chi connectivity index (χ4n) is 1.33. The molecule has 0 radical (unpaired) electrons. The summed E-state index contributed by atoms with van der Waals surface area (Å²) >= 11 is 1.80. The molecule has 0 unspecified atom stereocenters. The second-order valence-corrected chi connectivity index (χ2v) is 5.38. The zero-order valence-electron chi connectivity index (χ0n) is 10.0. The molecule has 0 saturated heterocycles. The van der Waals surface area contributed by atoms with E-state index < -0.39 is 0 Å². The van der Waals surface area contributed by atoms with E-state index >= 15 is 0 Å². The predicted octanol–water partition coefficient (Wildman–Crippen LogP) is 3.21. The zero-order chi connectivity index (χ0) is 11.3. The molecule has 3 heteroatoms. The van der Waals surface area contributed by atoms with Gasteiger partial charge >= 0.3 is 0 Å². The van der Waals surface area contributed by atoms with Gasteiger partial charge in [0.2, 0.25) is 0 Å². The maximum Gasteiger partial charge on any atom is 0.0634 e. The lowest BCUT2D eigenvalue weighted by Crippen LogP contribution is -2.29. The summed E-state index contributed by atoms with van der Waals surface area (Å²) in [7, 11) is 1.77. The molecule has 0 saturated carbocycles. The molecular weight excluding hydrogens is 206 g/mol. The average Bonchev–Trinajstić information content (AvgIpc) is 2.70. The maximum atomic E-state index is 5.37. The van der Waals surface area contributed by atoms with Gasteiger partial charge in [-0.05, 0) is 45.2 Å². The highest BCUT2D eigenvalue weighted by Gasteiger charge is 2.16. The topological polar surface area (TPSA) is 21.3 Å². The van der Waals surface area contributed by atoms with Crippen molar-refractivity contribution in [2.24, 2.45) is 0 Å². The minimum Gasteiger partial charge on any atom is -0.379 e. The summed E-state index contributed by atoms with van der Waals surface area (Å²) in [6, 6.07) is 4.71. The molecule has 2 nitrogen and oxygen atoms in total. The van der Waals surface area contributed by atoms with Crippen LogP contribution >= 0.6 is 11.3 Å². The Bertz CT molecular complexity index is 269. The summed E-state index contributed by atoms with van der Waals surface area (Å²) in [5.74, 6) is 0. The van der Waals surface area contributed by atoms with Crippen LogP contribution in [0.4, 0.5) is 0 Å². The molecule has 0 bridgehead atoms. The fourth-order valence-corrected chi connectivity index (χ4v) is 2.09. The first-order valence-corrected chi connectivity index (χ1v) is 6.25. The Hall–Kier alpha value is -0.380. The van der Waals surface area contributed by atoms with Crippen LogP contribution in [0, 0.1) is 0 Å². The summed E-state index contributed by atoms with van der Waals surface area (Å²) in [6.45, 7) is 7.42. The first-order chi connectivity index (χ1) is 7.05. The van der Waals surface area contributed by atoms with Crippen molar-refractivity contribution >= 4 is 11.3 Å². The quantitative estimate of drug-likeness (QED) is 0.805. The third-order valence-electron chi connectivity index (χ3n) is 2.70. The molecule has 1 atom stereocenters. The zero-order valence-corrected chi connectivity index (χ0v) is 10.9. The monoisotopic (exact) mass is 227 g/mol. The lowest BCUT2D eigenvalue weighted by Gasteiger charge is -2.23. The third-order valence-corrected chi connectivity index (χ3v) is 3.76. The molecular formula is C12H21NOS. The van der Waals surface area contributed by atoms with Crippen LogP contribution in [0.3, 0.4) is 0 Å². The van der Waals surface area contributed by atoms with Crippen LogP contribution in [0.5, 0.6) is 0 Å². The molecule has 0 aromatic carbocycles. The number of hydrogen-bond acceptors (Lipinski definition) is 3. The molecule has 15 heavy (non-hydrogen) atoms. The van der Waals surface area contributed by atoms with E-state index in [2.05, 4.69) is 43.6 Å². The SMILES string of the molecule is COC(C)(C)CCN[C@@H](C)c1cccs1. The van der Waals surface area contributed by atoms with Crippen LogP contribution in [-0.4, -0.2) is 19.3 Å². The minimum atomic E-state index is -0.0256. The molecule has 1 N–H and O–H groups in total. The fraction of sp³-hybridized carbons (Fsp3) is 0.667. The summed E-state index contributed by atoms with van der Waals surface area (Å²) < 4.78 is 5.37. The van der Waals surface area contributed by atoms with E-state index in [1.807, 2.05) is 0 Å². The van der Waals surface area contributed by atoms with Gasteiger partial charge in [0.15, 0.2) is 0 Å². The van der Waals surface area contributed by atoms with E-state index in [0.717, 1.165) is 13.0 Å². The first kappa shape index (κ1) is 12.7. The normalized spacial score (nSPS) is 14.1. The van der Waals surface area contributed by atoms with Crippen LogP contribution in [-0.2, 0) is 4.74 Å². The van der Waals surface area contributed by atoms with Gasteiger partial charge in [-0.1, -0.05) is 6.07 Å². The Kier molecular flexibility index (Phi) is 4.77. The summed E-state index contributed by atoms with van der Waals surface area (Å²) in [5.41, 5.74) is -0.0256. The van der Waals surface area contributed by atoms with Gasteiger partial charge in [0, 0.05) is 18.0 Å². The predicted molar refractivity (Wildman–Crippen MR) is 66.4 cm³/mol. The highest BCUT2D eigenvalue weighted by molar-refractivity contribution is 7.10. The Labute approximate surface area is 96.7 Å². The lowest BCUT2D eigenvalue weighted by atomic mass is 10.1. The van der Waals surface area contributed by atoms with Crippen molar-refractivity contribution in [1.29, 1.82) is 0 Å². The Balaban J connectivity index is 2.26. The second-order valence-electron chi connectivity index (χ2n) is 4.41. The molecule has 0 fully saturated rings. The Morgan fingerprint density at radius 1 is 1.53 bits per heavy atom. The first-order valence-electron chi connectivity index (χ1n) is 5.37. The van der Waals surface area contributed by atoms with Crippen LogP contribution in [0.15, 0.2) is 17.5 Å². The summed E-state index contributed by atoms with van der Waals surface area (Å²) in [4.78, 5) is 1.39. The molecule has 1 rings (SSSR count). The highest BCUT2D eigenvalue weighted by atomic mass is 32.1. The standard InChI is InChI=1S/C12H21NOS/c1-10(11-6-5-9-15-11)13-8-7-12(2,3)14-4/h5-6,9-10,13H,7-8H2,1-4H3/t10-/m0/s1. The number of methoxy groups -OCH3 is 1. The van der Waals surface area contributed by atoms with Gasteiger partial charge in [0.1, 0.15) is 0 Å². The Morgan fingerprint density at radius 2 is 2.27 bits per heavy atom. The summed E-state index contributed by atoms with van der Waals surface area (Å²) in [5, 5.41) is 5.62. The van der Waals surface area contributed by atoms with Crippen molar-refractivity contribution in [1.82, 2.24) is 5.32 Å². The molecule has 0 aliphatic rings. The lowest BCUT2D eigenvalue weighted by molar-refractivity contribution is 0.0154. The number of thiophene rings is 1. The second kappa shape index (κ2) is 5.64. The highest BCUT2D eigenvalue weighted by Crippen LogP contribution is 2.19. The van der Waals surface area contributed by atoms with Crippen molar-refractivity contribution in [3.63, 3.8) is 0 Å². The number of rotatable bonds is 6. The van der Waals surface area contributed by atoms with Crippen molar-refractivity contribution in [2.75, 3.05) is 13.7 Å². The van der Waals surface area contributed by atoms with Gasteiger partial charge < -0.3 is 10.1 Å². The maximum absolute atomic E-state index is 5.37. The van der Waals surface area contributed by atoms with Crippen molar-refractivity contribution in [2.45, 2.75) is 38.8 Å². The van der Waals surface area contributed by atoms with Gasteiger partial charge in [-0.25, -0.2) is 0 Å². The van der Waals surface area contributed by atoms with Crippen LogP contribution in [0.25, 0.3) is 0 Å².